The number of methoxy groups -OCH3 is 1. The normalized spacial score (nSPS) is 14.5. The van der Waals surface area contributed by atoms with Gasteiger partial charge >= 0.3 is 0 Å². The van der Waals surface area contributed by atoms with Crippen LogP contribution in [0.15, 0.2) is 104 Å². The van der Waals surface area contributed by atoms with Crippen LogP contribution in [0.2, 0.25) is 0 Å². The van der Waals surface area contributed by atoms with Gasteiger partial charge in [0, 0.05) is 0 Å². The molecule has 0 bridgehead atoms. The van der Waals surface area contributed by atoms with Gasteiger partial charge in [0.1, 0.15) is 5.76 Å². The number of allylic oxidation sites excluding steroid dienone is 10. The van der Waals surface area contributed by atoms with Crippen LogP contribution in [0.25, 0.3) is 0 Å². The number of hydrogen-bond donors (Lipinski definition) is 0. The lowest BCUT2D eigenvalue weighted by Crippen LogP contribution is -1.77. The Balaban J connectivity index is 4.75. The highest BCUT2D eigenvalue weighted by atomic mass is 16.5. The van der Waals surface area contributed by atoms with Crippen LogP contribution < -0.4 is 0 Å². The van der Waals surface area contributed by atoms with Crippen molar-refractivity contribution in [3.8, 4) is 0 Å². The highest BCUT2D eigenvalue weighted by Gasteiger charge is 1.90. The van der Waals surface area contributed by atoms with Crippen molar-refractivity contribution in [1.82, 2.24) is 0 Å². The molecule has 0 heterocycles. The van der Waals surface area contributed by atoms with Crippen molar-refractivity contribution < 1.29 is 4.74 Å². The van der Waals surface area contributed by atoms with Crippen molar-refractivity contribution in [3.05, 3.63) is 83.7 Å². The van der Waals surface area contributed by atoms with Crippen LogP contribution >= 0.6 is 0 Å². The Morgan fingerprint density at radius 2 is 1.29 bits per heavy atom. The van der Waals surface area contributed by atoms with E-state index < -0.39 is 0 Å². The van der Waals surface area contributed by atoms with E-state index in [0.29, 0.717) is 11.5 Å². The lowest BCUT2D eigenvalue weighted by atomic mass is 10.1. The van der Waals surface area contributed by atoms with E-state index in [4.69, 9.17) is 4.74 Å². The number of hydrogen-bond acceptors (Lipinski definition) is 5. The second kappa shape index (κ2) is 15.3. The third-order valence-corrected chi connectivity index (χ3v) is 3.52. The van der Waals surface area contributed by atoms with Crippen molar-refractivity contribution in [3.63, 3.8) is 0 Å². The van der Waals surface area contributed by atoms with E-state index in [9.17, 15) is 0 Å². The van der Waals surface area contributed by atoms with Crippen molar-refractivity contribution in [1.29, 1.82) is 0 Å². The molecule has 0 aromatic rings. The summed E-state index contributed by atoms with van der Waals surface area (Å²) < 4.78 is 4.93. The van der Waals surface area contributed by atoms with E-state index in [1.165, 1.54) is 18.4 Å². The zero-order valence-corrected chi connectivity index (χ0v) is 18.2. The fraction of sp³-hybridized carbons (Fsp3) is 0.391. The monoisotopic (exact) mass is 382 g/mol. The first-order valence-corrected chi connectivity index (χ1v) is 9.41. The lowest BCUT2D eigenvalue weighted by molar-refractivity contribution is 0.309. The van der Waals surface area contributed by atoms with Gasteiger partial charge in [0.2, 0.25) is 0 Å². The third kappa shape index (κ3) is 14.4. The Hall–Kier alpha value is -2.82. The van der Waals surface area contributed by atoms with Gasteiger partial charge in [-0.2, -0.15) is 20.5 Å². The molecule has 0 rings (SSSR count). The van der Waals surface area contributed by atoms with Crippen molar-refractivity contribution in [2.75, 3.05) is 7.11 Å². The molecule has 152 valence electrons. The first-order chi connectivity index (χ1) is 13.3. The number of rotatable bonds is 12. The minimum atomic E-state index is 0.509. The molecular formula is C23H34N4O. The summed E-state index contributed by atoms with van der Waals surface area (Å²) in [4.78, 5) is 0. The second-order valence-electron chi connectivity index (χ2n) is 6.44. The first kappa shape index (κ1) is 25.2. The Morgan fingerprint density at radius 3 is 1.79 bits per heavy atom. The zero-order valence-electron chi connectivity index (χ0n) is 18.2. The Labute approximate surface area is 170 Å². The summed E-state index contributed by atoms with van der Waals surface area (Å²) in [6.07, 6.45) is 14.7. The molecule has 0 aromatic heterocycles. The highest BCUT2D eigenvalue weighted by molar-refractivity contribution is 5.20. The predicted octanol–water partition coefficient (Wildman–Crippen LogP) is 7.97. The molecule has 0 unspecified atom stereocenters. The van der Waals surface area contributed by atoms with Gasteiger partial charge in [-0.05, 0) is 70.9 Å². The Kier molecular flexibility index (Phi) is 13.7. The quantitative estimate of drug-likeness (QED) is 0.192. The summed E-state index contributed by atoms with van der Waals surface area (Å²) in [5.74, 6) is 0.531. The molecule has 0 radical (unpaired) electrons. The minimum Gasteiger partial charge on any atom is -0.497 e. The third-order valence-electron chi connectivity index (χ3n) is 3.52. The van der Waals surface area contributed by atoms with Crippen LogP contribution in [0.3, 0.4) is 0 Å². The molecule has 0 aliphatic rings. The topological polar surface area (TPSA) is 58.7 Å². The molecular weight excluding hydrogens is 348 g/mol. The number of nitrogens with zero attached hydrogens (tertiary/aromatic N) is 4. The van der Waals surface area contributed by atoms with Crippen molar-refractivity contribution in [2.24, 2.45) is 20.5 Å². The van der Waals surface area contributed by atoms with Gasteiger partial charge in [-0.15, -0.1) is 0 Å². The van der Waals surface area contributed by atoms with Gasteiger partial charge in [-0.3, -0.25) is 0 Å². The largest absolute Gasteiger partial charge is 0.497 e. The summed E-state index contributed by atoms with van der Waals surface area (Å²) >= 11 is 0. The van der Waals surface area contributed by atoms with Crippen molar-refractivity contribution >= 4 is 0 Å². The fourth-order valence-corrected chi connectivity index (χ4v) is 1.73. The first-order valence-electron chi connectivity index (χ1n) is 9.41. The summed E-state index contributed by atoms with van der Waals surface area (Å²) in [5.41, 5.74) is 4.25. The van der Waals surface area contributed by atoms with Gasteiger partial charge in [0.25, 0.3) is 0 Å². The molecule has 5 heteroatoms. The SMILES string of the molecule is C=C(/C=C\C(=C)OC)N=N/C(C)=C/C=C(\C)N=N/C(C)=C/C=C(\C)CCCC. The fourth-order valence-electron chi connectivity index (χ4n) is 1.73. The van der Waals surface area contributed by atoms with Gasteiger partial charge in [-0.25, -0.2) is 0 Å². The maximum Gasteiger partial charge on any atom is 0.111 e. The maximum atomic E-state index is 4.93. The zero-order chi connectivity index (χ0) is 21.4. The van der Waals surface area contributed by atoms with Gasteiger partial charge in [0.05, 0.1) is 29.9 Å². The smallest absolute Gasteiger partial charge is 0.111 e. The van der Waals surface area contributed by atoms with E-state index in [1.807, 2.05) is 39.0 Å². The maximum absolute atomic E-state index is 4.93. The van der Waals surface area contributed by atoms with Crippen molar-refractivity contribution in [2.45, 2.75) is 53.9 Å². The standard InChI is InChI=1S/C23H34N4O/c1-9-10-11-18(2)12-13-19(3)24-25-20(4)14-15-21(5)26-27-22(6)16-17-23(7)28-8/h12-17H,6-7,9-11H2,1-5,8H3/b17-16-,18-12+,19-13+,20-14+,21-15+,25-24?,27-26?. The second-order valence-corrected chi connectivity index (χ2v) is 6.44. The molecule has 0 spiro atoms. The molecule has 0 saturated carbocycles. The van der Waals surface area contributed by atoms with Gasteiger partial charge in [0.15, 0.2) is 0 Å². The molecule has 5 nitrogen and oxygen atoms in total. The summed E-state index contributed by atoms with van der Waals surface area (Å²) in [7, 11) is 1.55. The van der Waals surface area contributed by atoms with Crippen LogP contribution in [-0.4, -0.2) is 7.11 Å². The molecule has 0 aromatic carbocycles. The lowest BCUT2D eigenvalue weighted by Gasteiger charge is -1.97. The van der Waals surface area contributed by atoms with Crippen LogP contribution in [0.4, 0.5) is 0 Å². The summed E-state index contributed by atoms with van der Waals surface area (Å²) in [5, 5.41) is 16.6. The average Bonchev–Trinajstić information content (AvgIpc) is 2.69. The average molecular weight is 383 g/mol. The summed E-state index contributed by atoms with van der Waals surface area (Å²) in [6, 6.07) is 0. The van der Waals surface area contributed by atoms with E-state index in [1.54, 1.807) is 19.3 Å². The van der Waals surface area contributed by atoms with Crippen LogP contribution in [0.1, 0.15) is 53.9 Å². The van der Waals surface area contributed by atoms with E-state index in [0.717, 1.165) is 23.5 Å². The Bertz CT molecular complexity index is 732. The highest BCUT2D eigenvalue weighted by Crippen LogP contribution is 2.09. The number of unbranched alkanes of at least 4 members (excludes halogenated alkanes) is 1. The number of ether oxygens (including phenoxy) is 1. The van der Waals surface area contributed by atoms with Crippen LogP contribution in [0.5, 0.6) is 0 Å². The minimum absolute atomic E-state index is 0.509. The van der Waals surface area contributed by atoms with Gasteiger partial charge in [-0.1, -0.05) is 38.2 Å². The molecule has 0 aliphatic heterocycles. The Morgan fingerprint density at radius 1 is 0.786 bits per heavy atom. The molecule has 0 saturated heterocycles. The molecule has 28 heavy (non-hydrogen) atoms. The molecule has 0 atom stereocenters. The van der Waals surface area contributed by atoms with Crippen LogP contribution in [0, 0.1) is 0 Å². The van der Waals surface area contributed by atoms with Crippen LogP contribution in [-0.2, 0) is 4.74 Å². The van der Waals surface area contributed by atoms with Gasteiger partial charge < -0.3 is 4.74 Å². The molecule has 0 amide bonds. The molecule has 0 fully saturated rings. The van der Waals surface area contributed by atoms with E-state index in [-0.39, 0.29) is 0 Å². The molecule has 0 aliphatic carbocycles. The van der Waals surface area contributed by atoms with E-state index >= 15 is 0 Å². The predicted molar refractivity (Wildman–Crippen MR) is 119 cm³/mol. The van der Waals surface area contributed by atoms with E-state index in [2.05, 4.69) is 53.5 Å². The summed E-state index contributed by atoms with van der Waals surface area (Å²) in [6.45, 7) is 17.5. The number of azo groups is 2. The molecule has 0 N–H and O–H groups in total.